The first-order chi connectivity index (χ1) is 9.15. The Labute approximate surface area is 114 Å². The lowest BCUT2D eigenvalue weighted by Crippen LogP contribution is -2.58. The molecule has 1 spiro atoms. The summed E-state index contributed by atoms with van der Waals surface area (Å²) < 4.78 is 11.3. The molecule has 5 nitrogen and oxygen atoms in total. The molecule has 0 unspecified atom stereocenters. The van der Waals surface area contributed by atoms with Crippen LogP contribution >= 0.6 is 0 Å². The Bertz CT molecular complexity index is 430. The smallest absolute Gasteiger partial charge is 0.133 e. The molecule has 0 aliphatic carbocycles. The topological polar surface area (TPSA) is 41.7 Å². The van der Waals surface area contributed by atoms with E-state index >= 15 is 0 Å². The van der Waals surface area contributed by atoms with Crippen LogP contribution in [0.4, 0.5) is 0 Å². The summed E-state index contributed by atoms with van der Waals surface area (Å²) in [6.45, 7) is 7.88. The monoisotopic (exact) mass is 265 g/mol. The second-order valence-corrected chi connectivity index (χ2v) is 6.01. The zero-order valence-corrected chi connectivity index (χ0v) is 11.9. The molecule has 0 aromatic carbocycles. The van der Waals surface area contributed by atoms with Crippen molar-refractivity contribution in [2.45, 2.75) is 31.9 Å². The van der Waals surface area contributed by atoms with Crippen LogP contribution in [0.15, 0.2) is 10.6 Å². The van der Waals surface area contributed by atoms with Gasteiger partial charge in [-0.15, -0.1) is 0 Å². The largest absolute Gasteiger partial charge is 0.371 e. The molecule has 1 aromatic rings. The molecule has 0 radical (unpaired) electrons. The van der Waals surface area contributed by atoms with E-state index < -0.39 is 0 Å². The zero-order valence-electron chi connectivity index (χ0n) is 11.9. The van der Waals surface area contributed by atoms with Gasteiger partial charge in [0.2, 0.25) is 0 Å². The minimum absolute atomic E-state index is 0.0318. The van der Waals surface area contributed by atoms with Crippen LogP contribution in [0.25, 0.3) is 0 Å². The van der Waals surface area contributed by atoms with Crippen LogP contribution in [0, 0.1) is 6.92 Å². The fraction of sp³-hybridized carbons (Fsp3) is 0.786. The summed E-state index contributed by atoms with van der Waals surface area (Å²) in [6.07, 6.45) is 2.37. The van der Waals surface area contributed by atoms with E-state index in [1.807, 2.05) is 13.0 Å². The van der Waals surface area contributed by atoms with Gasteiger partial charge in [-0.1, -0.05) is 5.16 Å². The Balaban J connectivity index is 1.64. The lowest BCUT2D eigenvalue weighted by atomic mass is 9.91. The van der Waals surface area contributed by atoms with Gasteiger partial charge in [-0.3, -0.25) is 4.90 Å². The number of rotatable bonds is 2. The number of aromatic nitrogens is 1. The van der Waals surface area contributed by atoms with Crippen LogP contribution in [0.3, 0.4) is 0 Å². The Morgan fingerprint density at radius 1 is 1.37 bits per heavy atom. The maximum Gasteiger partial charge on any atom is 0.133 e. The molecule has 2 saturated heterocycles. The zero-order chi connectivity index (χ0) is 13.3. The van der Waals surface area contributed by atoms with Crippen LogP contribution in [-0.4, -0.2) is 60.4 Å². The van der Waals surface area contributed by atoms with Gasteiger partial charge in [0, 0.05) is 32.2 Å². The standard InChI is InChI=1S/C14H23N3O2/c1-12-8-13(15-19-12)9-17-5-3-4-14(11-17)10-16(2)6-7-18-14/h8H,3-7,9-11H2,1-2H3/t14-/m0/s1. The lowest BCUT2D eigenvalue weighted by molar-refractivity contribution is -0.136. The van der Waals surface area contributed by atoms with E-state index in [1.54, 1.807) is 0 Å². The Hall–Kier alpha value is -0.910. The first kappa shape index (κ1) is 13.1. The van der Waals surface area contributed by atoms with Crippen LogP contribution < -0.4 is 0 Å². The van der Waals surface area contributed by atoms with Crippen molar-refractivity contribution in [2.75, 3.05) is 39.8 Å². The van der Waals surface area contributed by atoms with Crippen LogP contribution in [0.1, 0.15) is 24.3 Å². The second-order valence-electron chi connectivity index (χ2n) is 6.01. The lowest BCUT2D eigenvalue weighted by Gasteiger charge is -2.47. The SMILES string of the molecule is Cc1cc(CN2CCC[C@]3(CN(C)CCO3)C2)no1. The van der Waals surface area contributed by atoms with Crippen molar-refractivity contribution >= 4 is 0 Å². The highest BCUT2D eigenvalue weighted by atomic mass is 16.5. The first-order valence-corrected chi connectivity index (χ1v) is 7.12. The molecule has 2 aliphatic heterocycles. The minimum Gasteiger partial charge on any atom is -0.371 e. The fourth-order valence-corrected chi connectivity index (χ4v) is 3.33. The summed E-state index contributed by atoms with van der Waals surface area (Å²) >= 11 is 0. The van der Waals surface area contributed by atoms with Gasteiger partial charge in [-0.2, -0.15) is 0 Å². The summed E-state index contributed by atoms with van der Waals surface area (Å²) in [4.78, 5) is 4.83. The van der Waals surface area contributed by atoms with Gasteiger partial charge in [-0.25, -0.2) is 0 Å². The van der Waals surface area contributed by atoms with E-state index in [4.69, 9.17) is 9.26 Å². The Morgan fingerprint density at radius 3 is 3.00 bits per heavy atom. The number of morpholine rings is 1. The molecule has 3 rings (SSSR count). The average Bonchev–Trinajstić information content (AvgIpc) is 2.74. The van der Waals surface area contributed by atoms with Crippen molar-refractivity contribution in [2.24, 2.45) is 0 Å². The molecular weight excluding hydrogens is 242 g/mol. The number of likely N-dealkylation sites (tertiary alicyclic amines) is 1. The second kappa shape index (κ2) is 5.23. The quantitative estimate of drug-likeness (QED) is 0.806. The molecule has 1 aromatic heterocycles. The van der Waals surface area contributed by atoms with E-state index in [2.05, 4.69) is 22.0 Å². The molecule has 19 heavy (non-hydrogen) atoms. The van der Waals surface area contributed by atoms with Crippen molar-refractivity contribution in [3.05, 3.63) is 17.5 Å². The summed E-state index contributed by atoms with van der Waals surface area (Å²) in [6, 6.07) is 2.02. The van der Waals surface area contributed by atoms with Gasteiger partial charge in [0.25, 0.3) is 0 Å². The summed E-state index contributed by atoms with van der Waals surface area (Å²) in [7, 11) is 2.18. The maximum atomic E-state index is 6.12. The normalized spacial score (nSPS) is 30.0. The molecule has 0 bridgehead atoms. The first-order valence-electron chi connectivity index (χ1n) is 7.12. The molecule has 0 N–H and O–H groups in total. The van der Waals surface area contributed by atoms with Crippen LogP contribution in [0.2, 0.25) is 0 Å². The summed E-state index contributed by atoms with van der Waals surface area (Å²) in [5, 5.41) is 4.09. The van der Waals surface area contributed by atoms with Crippen molar-refractivity contribution in [1.82, 2.24) is 15.0 Å². The van der Waals surface area contributed by atoms with Crippen molar-refractivity contribution in [3.8, 4) is 0 Å². The van der Waals surface area contributed by atoms with Gasteiger partial charge in [-0.05, 0) is 33.4 Å². The van der Waals surface area contributed by atoms with E-state index in [-0.39, 0.29) is 5.60 Å². The molecule has 106 valence electrons. The molecule has 2 fully saturated rings. The van der Waals surface area contributed by atoms with Gasteiger partial charge < -0.3 is 14.2 Å². The number of aryl methyl sites for hydroxylation is 1. The van der Waals surface area contributed by atoms with Gasteiger partial charge in [0.1, 0.15) is 5.76 Å². The number of hydrogen-bond acceptors (Lipinski definition) is 5. The molecule has 2 aliphatic rings. The Kier molecular flexibility index (Phi) is 3.60. The van der Waals surface area contributed by atoms with Gasteiger partial charge in [0.15, 0.2) is 0 Å². The predicted octanol–water partition coefficient (Wildman–Crippen LogP) is 1.28. The van der Waals surface area contributed by atoms with Crippen LogP contribution in [0.5, 0.6) is 0 Å². The minimum atomic E-state index is 0.0318. The van der Waals surface area contributed by atoms with Gasteiger partial charge >= 0.3 is 0 Å². The molecular formula is C14H23N3O2. The van der Waals surface area contributed by atoms with E-state index in [9.17, 15) is 0 Å². The highest BCUT2D eigenvalue weighted by molar-refractivity contribution is 5.04. The van der Waals surface area contributed by atoms with E-state index in [1.165, 1.54) is 12.8 Å². The van der Waals surface area contributed by atoms with Crippen molar-refractivity contribution in [3.63, 3.8) is 0 Å². The highest BCUT2D eigenvalue weighted by Crippen LogP contribution is 2.29. The molecule has 5 heteroatoms. The van der Waals surface area contributed by atoms with E-state index in [0.29, 0.717) is 0 Å². The van der Waals surface area contributed by atoms with E-state index in [0.717, 1.165) is 50.8 Å². The Morgan fingerprint density at radius 2 is 2.26 bits per heavy atom. The van der Waals surface area contributed by atoms with Crippen LogP contribution in [-0.2, 0) is 11.3 Å². The van der Waals surface area contributed by atoms with Crippen molar-refractivity contribution in [1.29, 1.82) is 0 Å². The molecule has 0 saturated carbocycles. The maximum absolute atomic E-state index is 6.12. The van der Waals surface area contributed by atoms with Crippen molar-refractivity contribution < 1.29 is 9.26 Å². The van der Waals surface area contributed by atoms with Gasteiger partial charge in [0.05, 0.1) is 17.9 Å². The highest BCUT2D eigenvalue weighted by Gasteiger charge is 2.39. The fourth-order valence-electron chi connectivity index (χ4n) is 3.33. The average molecular weight is 265 g/mol. The summed E-state index contributed by atoms with van der Waals surface area (Å²) in [5.41, 5.74) is 1.06. The predicted molar refractivity (Wildman–Crippen MR) is 71.9 cm³/mol. The number of hydrogen-bond donors (Lipinski definition) is 0. The third kappa shape index (κ3) is 2.99. The molecule has 1 atom stereocenters. The summed E-state index contributed by atoms with van der Waals surface area (Å²) in [5.74, 6) is 0.885. The number of ether oxygens (including phenoxy) is 1. The third-order valence-electron chi connectivity index (χ3n) is 4.12. The third-order valence-corrected chi connectivity index (χ3v) is 4.12. The number of nitrogens with zero attached hydrogens (tertiary/aromatic N) is 3. The molecule has 0 amide bonds. The number of likely N-dealkylation sites (N-methyl/N-ethyl adjacent to an activating group) is 1. The number of piperidine rings is 1. The molecule has 3 heterocycles.